The summed E-state index contributed by atoms with van der Waals surface area (Å²) in [6, 6.07) is 9.42. The maximum Gasteiger partial charge on any atom is 0.255 e. The quantitative estimate of drug-likeness (QED) is 0.454. The van der Waals surface area contributed by atoms with Crippen molar-refractivity contribution in [2.24, 2.45) is 0 Å². The second kappa shape index (κ2) is 11.1. The number of nitrogens with one attached hydrogen (secondary N) is 1. The van der Waals surface area contributed by atoms with Crippen molar-refractivity contribution >= 4 is 28.1 Å². The summed E-state index contributed by atoms with van der Waals surface area (Å²) in [5.41, 5.74) is 2.15. The number of carbonyl (C=O) groups excluding carboxylic acids is 1. The Morgan fingerprint density at radius 1 is 1.11 bits per heavy atom. The summed E-state index contributed by atoms with van der Waals surface area (Å²) in [7, 11) is -2.23. The number of sulfonamides is 1. The van der Waals surface area contributed by atoms with E-state index in [1.807, 2.05) is 37.3 Å². The number of benzene rings is 1. The van der Waals surface area contributed by atoms with Crippen LogP contribution >= 0.6 is 0 Å². The number of likely N-dealkylation sites (N-methyl/N-ethyl adjacent to an activating group) is 1. The molecule has 0 aliphatic heterocycles. The lowest BCUT2D eigenvalue weighted by molar-refractivity contribution is -0.127. The minimum absolute atomic E-state index is 0.217. The van der Waals surface area contributed by atoms with Gasteiger partial charge in [-0.05, 0) is 44.6 Å². The van der Waals surface area contributed by atoms with Crippen LogP contribution in [-0.4, -0.2) is 41.5 Å². The minimum Gasteiger partial charge on any atom is -0.335 e. The third-order valence-electron chi connectivity index (χ3n) is 5.64. The number of fused-ring (bicyclic) bond motifs is 1. The molecule has 1 aromatic carbocycles. The van der Waals surface area contributed by atoms with E-state index >= 15 is 0 Å². The van der Waals surface area contributed by atoms with Gasteiger partial charge in [0.1, 0.15) is 5.25 Å². The molecule has 1 aliphatic rings. The monoisotopic (exact) mass is 490 g/mol. The zero-order chi connectivity index (χ0) is 25.6. The van der Waals surface area contributed by atoms with Gasteiger partial charge in [-0.25, -0.2) is 8.42 Å². The number of allylic oxidation sites excluding steroid dienone is 4. The van der Waals surface area contributed by atoms with Gasteiger partial charge in [-0.1, -0.05) is 60.7 Å². The highest BCUT2D eigenvalue weighted by Crippen LogP contribution is 2.22. The molecule has 35 heavy (non-hydrogen) atoms. The number of rotatable bonds is 8. The molecule has 3 rings (SSSR count). The Balaban J connectivity index is 1.96. The highest BCUT2D eigenvalue weighted by atomic mass is 32.2. The molecule has 182 valence electrons. The predicted octanol–water partition coefficient (Wildman–Crippen LogP) is 2.52. The molecule has 0 bridgehead atoms. The van der Waals surface area contributed by atoms with Gasteiger partial charge in [0.25, 0.3) is 5.91 Å². The van der Waals surface area contributed by atoms with Crippen LogP contribution in [0.15, 0.2) is 90.5 Å². The normalized spacial score (nSPS) is 16.7. The topological polar surface area (TPSA) is 92.3 Å². The molecule has 7 nitrogen and oxygen atoms in total. The predicted molar refractivity (Wildman–Crippen MR) is 139 cm³/mol. The number of hydrogen-bond donors (Lipinski definition) is 1. The zero-order valence-electron chi connectivity index (χ0n) is 20.3. The Morgan fingerprint density at radius 2 is 1.77 bits per heavy atom. The fourth-order valence-electron chi connectivity index (χ4n) is 3.52. The van der Waals surface area contributed by atoms with Crippen LogP contribution in [0, 0.1) is 0 Å². The van der Waals surface area contributed by atoms with E-state index in [-0.39, 0.29) is 23.2 Å². The van der Waals surface area contributed by atoms with Crippen molar-refractivity contribution < 1.29 is 13.2 Å². The molecule has 1 aliphatic carbocycles. The van der Waals surface area contributed by atoms with Crippen molar-refractivity contribution in [3.05, 3.63) is 107 Å². The second-order valence-electron chi connectivity index (χ2n) is 8.38. The van der Waals surface area contributed by atoms with Crippen molar-refractivity contribution in [2.75, 3.05) is 7.05 Å². The fourth-order valence-corrected chi connectivity index (χ4v) is 4.79. The number of carbonyl (C=O) groups is 1. The van der Waals surface area contributed by atoms with Crippen LogP contribution in [0.2, 0.25) is 0 Å². The number of aromatic nitrogens is 2. The smallest absolute Gasteiger partial charge is 0.255 e. The molecule has 8 heteroatoms. The van der Waals surface area contributed by atoms with Crippen LogP contribution in [0.4, 0.5) is 0 Å². The Morgan fingerprint density at radius 3 is 2.43 bits per heavy atom. The van der Waals surface area contributed by atoms with Crippen molar-refractivity contribution in [3.63, 3.8) is 0 Å². The fraction of sp³-hybridized carbons (Fsp3) is 0.222. The lowest BCUT2D eigenvalue weighted by Gasteiger charge is -2.27. The largest absolute Gasteiger partial charge is 0.335 e. The van der Waals surface area contributed by atoms with E-state index in [0.29, 0.717) is 10.7 Å². The van der Waals surface area contributed by atoms with Crippen LogP contribution in [0.1, 0.15) is 32.4 Å². The van der Waals surface area contributed by atoms with Crippen molar-refractivity contribution in [1.82, 2.24) is 19.6 Å². The molecule has 0 saturated heterocycles. The van der Waals surface area contributed by atoms with Crippen LogP contribution in [0.5, 0.6) is 0 Å². The highest BCUT2D eigenvalue weighted by Gasteiger charge is 2.26. The van der Waals surface area contributed by atoms with Gasteiger partial charge in [-0.3, -0.25) is 19.5 Å². The summed E-state index contributed by atoms with van der Waals surface area (Å²) < 4.78 is 29.2. The Kier molecular flexibility index (Phi) is 8.19. The summed E-state index contributed by atoms with van der Waals surface area (Å²) in [6.07, 6.45) is 12.8. The standard InChI is InChI=1S/C27H30N4O3S/c1-19(2)14-15-24(27(32)31(5)21(4)22-10-7-6-8-11-22)20(3)30-35(33,34)23-12-9-13-25-26(18-23)29-17-16-28-25/h6-18,21,23,30H,1H2,2-5H3/b15-14-,24-20-. The average Bonchev–Trinajstić information content (AvgIpc) is 3.06. The first-order valence-electron chi connectivity index (χ1n) is 11.2. The summed E-state index contributed by atoms with van der Waals surface area (Å²) in [6.45, 7) is 9.15. The molecule has 1 aromatic heterocycles. The van der Waals surface area contributed by atoms with Gasteiger partial charge in [0.2, 0.25) is 10.0 Å². The molecule has 0 fully saturated rings. The minimum atomic E-state index is -3.93. The van der Waals surface area contributed by atoms with E-state index in [1.165, 1.54) is 12.3 Å². The summed E-state index contributed by atoms with van der Waals surface area (Å²) in [5.74, 6) is -0.316. The molecular weight excluding hydrogens is 460 g/mol. The van der Waals surface area contributed by atoms with E-state index in [2.05, 4.69) is 21.3 Å². The molecule has 1 N–H and O–H groups in total. The first-order chi connectivity index (χ1) is 16.6. The Bertz CT molecular complexity index is 1420. The summed E-state index contributed by atoms with van der Waals surface area (Å²) in [5, 5.41) is 0.0731. The molecule has 2 atom stereocenters. The summed E-state index contributed by atoms with van der Waals surface area (Å²) in [4.78, 5) is 23.5. The van der Waals surface area contributed by atoms with Crippen molar-refractivity contribution in [1.29, 1.82) is 0 Å². The molecule has 2 aromatic rings. The van der Waals surface area contributed by atoms with Crippen molar-refractivity contribution in [2.45, 2.75) is 32.1 Å². The van der Waals surface area contributed by atoms with Gasteiger partial charge in [-0.2, -0.15) is 0 Å². The van der Waals surface area contributed by atoms with Gasteiger partial charge in [0.15, 0.2) is 0 Å². The van der Waals surface area contributed by atoms with E-state index in [4.69, 9.17) is 0 Å². The average molecular weight is 491 g/mol. The van der Waals surface area contributed by atoms with Gasteiger partial charge in [0, 0.05) is 25.1 Å². The van der Waals surface area contributed by atoms with E-state index in [0.717, 1.165) is 11.1 Å². The van der Waals surface area contributed by atoms with Crippen LogP contribution in [-0.2, 0) is 14.8 Å². The lowest BCUT2D eigenvalue weighted by atomic mass is 10.1. The molecule has 0 spiro atoms. The summed E-state index contributed by atoms with van der Waals surface area (Å²) >= 11 is 0. The molecule has 1 amide bonds. The number of amides is 1. The van der Waals surface area contributed by atoms with Gasteiger partial charge < -0.3 is 4.90 Å². The molecule has 0 saturated carbocycles. The van der Waals surface area contributed by atoms with Gasteiger partial charge in [0.05, 0.1) is 22.3 Å². The maximum absolute atomic E-state index is 13.5. The SMILES string of the molecule is C=C(C)/C=C\C(C(=O)N(C)C(C)c1ccccc1)=C(/C)NS(=O)(=O)C1C=CC=c2nccnc2=C1. The highest BCUT2D eigenvalue weighted by molar-refractivity contribution is 7.90. The number of nitrogens with zero attached hydrogens (tertiary/aromatic N) is 3. The maximum atomic E-state index is 13.5. The number of hydrogen-bond acceptors (Lipinski definition) is 5. The molecule has 0 radical (unpaired) electrons. The van der Waals surface area contributed by atoms with Crippen LogP contribution in [0.25, 0.3) is 12.2 Å². The first kappa shape index (κ1) is 25.8. The van der Waals surface area contributed by atoms with Gasteiger partial charge >= 0.3 is 0 Å². The molecule has 2 unspecified atom stereocenters. The van der Waals surface area contributed by atoms with E-state index in [9.17, 15) is 13.2 Å². The third kappa shape index (κ3) is 6.42. The Hall–Kier alpha value is -3.78. The van der Waals surface area contributed by atoms with Crippen LogP contribution < -0.4 is 15.4 Å². The zero-order valence-corrected chi connectivity index (χ0v) is 21.2. The van der Waals surface area contributed by atoms with E-state index in [1.54, 1.807) is 62.4 Å². The van der Waals surface area contributed by atoms with Gasteiger partial charge in [-0.15, -0.1) is 0 Å². The first-order valence-corrected chi connectivity index (χ1v) is 12.7. The van der Waals surface area contributed by atoms with E-state index < -0.39 is 15.3 Å². The Labute approximate surface area is 206 Å². The van der Waals surface area contributed by atoms with Crippen molar-refractivity contribution in [3.8, 4) is 0 Å². The third-order valence-corrected chi connectivity index (χ3v) is 7.24. The second-order valence-corrected chi connectivity index (χ2v) is 10.2. The molecule has 1 heterocycles. The molecular formula is C27H30N4O3S. The van der Waals surface area contributed by atoms with Crippen LogP contribution in [0.3, 0.4) is 0 Å². The lowest BCUT2D eigenvalue weighted by Crippen LogP contribution is -2.37.